The summed E-state index contributed by atoms with van der Waals surface area (Å²) in [5.41, 5.74) is 4.92. The number of aromatic nitrogens is 5. The maximum absolute atomic E-state index is 13.0. The van der Waals surface area contributed by atoms with Gasteiger partial charge >= 0.3 is 5.69 Å². The molecule has 5 aromatic rings. The van der Waals surface area contributed by atoms with Crippen molar-refractivity contribution in [2.24, 2.45) is 14.1 Å². The lowest BCUT2D eigenvalue weighted by atomic mass is 10.1. The molecule has 0 unspecified atom stereocenters. The molecule has 0 radical (unpaired) electrons. The maximum Gasteiger partial charge on any atom is 0.332 e. The van der Waals surface area contributed by atoms with Crippen LogP contribution in [0, 0.1) is 13.8 Å². The number of ether oxygens (including phenoxy) is 1. The van der Waals surface area contributed by atoms with Gasteiger partial charge in [-0.25, -0.2) is 4.79 Å². The Morgan fingerprint density at radius 3 is 2.19 bits per heavy atom. The number of methoxy groups -OCH3 is 1. The first-order valence-electron chi connectivity index (χ1n) is 10.2. The zero-order valence-electron chi connectivity index (χ0n) is 18.6. The van der Waals surface area contributed by atoms with Crippen LogP contribution < -0.4 is 16.0 Å². The molecule has 0 bridgehead atoms. The Morgan fingerprint density at radius 1 is 0.906 bits per heavy atom. The Labute approximate surface area is 183 Å². The van der Waals surface area contributed by atoms with Crippen LogP contribution >= 0.6 is 0 Å². The van der Waals surface area contributed by atoms with Crippen LogP contribution in [0.3, 0.4) is 0 Å². The van der Waals surface area contributed by atoms with Crippen LogP contribution in [0.15, 0.2) is 58.3 Å². The molecule has 0 atom stereocenters. The van der Waals surface area contributed by atoms with Gasteiger partial charge in [-0.2, -0.15) is 4.98 Å². The molecule has 3 heterocycles. The van der Waals surface area contributed by atoms with E-state index in [2.05, 4.69) is 18.2 Å². The zero-order valence-corrected chi connectivity index (χ0v) is 18.6. The SMILES string of the molecule is COc1ccc(-c2cn3c4c(=O)n(C)c(=O)n(C)c4nc3n2-c2cc(C)cc(C)c2)cc1. The van der Waals surface area contributed by atoms with Crippen molar-refractivity contribution in [1.82, 2.24) is 23.1 Å². The van der Waals surface area contributed by atoms with Crippen LogP contribution in [0.4, 0.5) is 0 Å². The summed E-state index contributed by atoms with van der Waals surface area (Å²) in [6, 6.07) is 14.0. The molecule has 5 rings (SSSR count). The van der Waals surface area contributed by atoms with E-state index >= 15 is 0 Å². The zero-order chi connectivity index (χ0) is 22.7. The molecule has 0 aliphatic carbocycles. The summed E-state index contributed by atoms with van der Waals surface area (Å²) in [5, 5.41) is 0. The Balaban J connectivity index is 1.94. The van der Waals surface area contributed by atoms with E-state index < -0.39 is 5.69 Å². The fourth-order valence-corrected chi connectivity index (χ4v) is 4.27. The minimum absolute atomic E-state index is 0.354. The molecule has 0 saturated carbocycles. The molecule has 0 aliphatic rings. The third kappa shape index (κ3) is 2.80. The minimum atomic E-state index is -0.406. The predicted molar refractivity (Wildman–Crippen MR) is 124 cm³/mol. The van der Waals surface area contributed by atoms with E-state index in [0.717, 1.165) is 38.4 Å². The van der Waals surface area contributed by atoms with Crippen molar-refractivity contribution < 1.29 is 4.74 Å². The van der Waals surface area contributed by atoms with Crippen molar-refractivity contribution in [3.8, 4) is 22.7 Å². The number of hydrogen-bond donors (Lipinski definition) is 0. The van der Waals surface area contributed by atoms with Crippen molar-refractivity contribution >= 4 is 16.9 Å². The van der Waals surface area contributed by atoms with Crippen LogP contribution in [-0.4, -0.2) is 30.2 Å². The highest BCUT2D eigenvalue weighted by molar-refractivity contribution is 5.79. The van der Waals surface area contributed by atoms with E-state index in [-0.39, 0.29) is 5.56 Å². The molecule has 0 fully saturated rings. The normalized spacial score (nSPS) is 11.5. The van der Waals surface area contributed by atoms with Crippen molar-refractivity contribution in [3.63, 3.8) is 0 Å². The van der Waals surface area contributed by atoms with Crippen LogP contribution in [0.25, 0.3) is 33.9 Å². The van der Waals surface area contributed by atoms with Crippen LogP contribution in [-0.2, 0) is 14.1 Å². The quantitative estimate of drug-likeness (QED) is 0.442. The molecular formula is C24H23N5O3. The van der Waals surface area contributed by atoms with Crippen molar-refractivity contribution in [2.75, 3.05) is 7.11 Å². The lowest BCUT2D eigenvalue weighted by molar-refractivity contribution is 0.415. The third-order valence-electron chi connectivity index (χ3n) is 5.82. The second kappa shape index (κ2) is 6.98. The van der Waals surface area contributed by atoms with Crippen molar-refractivity contribution in [2.45, 2.75) is 13.8 Å². The number of imidazole rings is 2. The lowest BCUT2D eigenvalue weighted by Gasteiger charge is -2.11. The Kier molecular flexibility index (Phi) is 4.33. The first kappa shape index (κ1) is 19.9. The number of fused-ring (bicyclic) bond motifs is 3. The minimum Gasteiger partial charge on any atom is -0.497 e. The molecule has 162 valence electrons. The van der Waals surface area contributed by atoms with Gasteiger partial charge < -0.3 is 4.74 Å². The summed E-state index contributed by atoms with van der Waals surface area (Å²) < 4.78 is 11.6. The summed E-state index contributed by atoms with van der Waals surface area (Å²) >= 11 is 0. The van der Waals surface area contributed by atoms with Gasteiger partial charge in [0.25, 0.3) is 5.56 Å². The summed E-state index contributed by atoms with van der Waals surface area (Å²) in [4.78, 5) is 30.2. The molecular weight excluding hydrogens is 406 g/mol. The summed E-state index contributed by atoms with van der Waals surface area (Å²) in [7, 11) is 4.74. The van der Waals surface area contributed by atoms with Gasteiger partial charge in [0.15, 0.2) is 11.2 Å². The Bertz CT molecular complexity index is 1610. The molecule has 0 aliphatic heterocycles. The fourth-order valence-electron chi connectivity index (χ4n) is 4.27. The number of nitrogens with zero attached hydrogens (tertiary/aromatic N) is 5. The second-order valence-electron chi connectivity index (χ2n) is 8.08. The smallest absolute Gasteiger partial charge is 0.332 e. The first-order valence-corrected chi connectivity index (χ1v) is 10.2. The van der Waals surface area contributed by atoms with Gasteiger partial charge in [-0.1, -0.05) is 6.07 Å². The molecule has 0 saturated heterocycles. The van der Waals surface area contributed by atoms with E-state index in [9.17, 15) is 9.59 Å². The standard InChI is InChI=1S/C24H23N5O3/c1-14-10-15(2)12-17(11-14)29-19(16-6-8-18(32-5)9-7-16)13-28-20-21(25-23(28)29)26(3)24(31)27(4)22(20)30/h6-13H,1-5H3. The van der Waals surface area contributed by atoms with Gasteiger partial charge in [-0.05, 0) is 61.4 Å². The highest BCUT2D eigenvalue weighted by Crippen LogP contribution is 2.30. The molecule has 0 N–H and O–H groups in total. The third-order valence-corrected chi connectivity index (χ3v) is 5.82. The van der Waals surface area contributed by atoms with Gasteiger partial charge in [-0.15, -0.1) is 0 Å². The highest BCUT2D eigenvalue weighted by atomic mass is 16.5. The molecule has 32 heavy (non-hydrogen) atoms. The summed E-state index contributed by atoms with van der Waals surface area (Å²) in [6.45, 7) is 4.09. The second-order valence-corrected chi connectivity index (χ2v) is 8.08. The van der Waals surface area contributed by atoms with E-state index in [1.54, 1.807) is 18.6 Å². The monoisotopic (exact) mass is 429 g/mol. The van der Waals surface area contributed by atoms with Crippen LogP contribution in [0.1, 0.15) is 11.1 Å². The summed E-state index contributed by atoms with van der Waals surface area (Å²) in [5.74, 6) is 1.33. The fraction of sp³-hybridized carbons (Fsp3) is 0.208. The Morgan fingerprint density at radius 2 is 1.56 bits per heavy atom. The maximum atomic E-state index is 13.0. The number of rotatable bonds is 3. The summed E-state index contributed by atoms with van der Waals surface area (Å²) in [6.07, 6.45) is 1.90. The topological polar surface area (TPSA) is 75.5 Å². The lowest BCUT2D eigenvalue weighted by Crippen LogP contribution is -2.37. The van der Waals surface area contributed by atoms with Crippen LogP contribution in [0.5, 0.6) is 5.75 Å². The molecule has 2 aromatic carbocycles. The van der Waals surface area contributed by atoms with E-state index in [1.165, 1.54) is 11.6 Å². The average Bonchev–Trinajstić information content (AvgIpc) is 3.32. The van der Waals surface area contributed by atoms with Crippen molar-refractivity contribution in [3.05, 3.63) is 80.6 Å². The molecule has 3 aromatic heterocycles. The van der Waals surface area contributed by atoms with Gasteiger partial charge in [0.1, 0.15) is 5.75 Å². The predicted octanol–water partition coefficient (Wildman–Crippen LogP) is 2.97. The molecule has 0 amide bonds. The number of aryl methyl sites for hydroxylation is 3. The van der Waals surface area contributed by atoms with E-state index in [4.69, 9.17) is 9.72 Å². The van der Waals surface area contributed by atoms with E-state index in [0.29, 0.717) is 16.9 Å². The van der Waals surface area contributed by atoms with E-state index in [1.807, 2.05) is 48.9 Å². The largest absolute Gasteiger partial charge is 0.497 e. The van der Waals surface area contributed by atoms with Gasteiger partial charge in [0, 0.05) is 31.5 Å². The van der Waals surface area contributed by atoms with Gasteiger partial charge in [0.05, 0.1) is 12.8 Å². The molecule has 8 nitrogen and oxygen atoms in total. The number of hydrogen-bond acceptors (Lipinski definition) is 4. The van der Waals surface area contributed by atoms with Crippen molar-refractivity contribution in [1.29, 1.82) is 0 Å². The molecule has 8 heteroatoms. The van der Waals surface area contributed by atoms with Gasteiger partial charge in [-0.3, -0.25) is 22.9 Å². The average molecular weight is 429 g/mol. The Hall–Kier alpha value is -4.07. The number of benzene rings is 2. The first-order chi connectivity index (χ1) is 15.3. The van der Waals surface area contributed by atoms with Gasteiger partial charge in [0.2, 0.25) is 5.78 Å². The molecule has 0 spiro atoms. The highest BCUT2D eigenvalue weighted by Gasteiger charge is 2.22. The van der Waals surface area contributed by atoms with Crippen LogP contribution in [0.2, 0.25) is 0 Å².